The quantitative estimate of drug-likeness (QED) is 0.662. The molecule has 2 bridgehead atoms. The van der Waals surface area contributed by atoms with Crippen molar-refractivity contribution >= 4 is 38.6 Å². The number of sulfonamides is 1. The first-order chi connectivity index (χ1) is 9.80. The summed E-state index contributed by atoms with van der Waals surface area (Å²) in [7, 11) is -3.80. The van der Waals surface area contributed by atoms with Crippen molar-refractivity contribution in [3.8, 4) is 0 Å². The number of hydrogen-bond donors (Lipinski definition) is 1. The van der Waals surface area contributed by atoms with Gasteiger partial charge in [0.1, 0.15) is 4.21 Å². The molecule has 0 spiro atoms. The van der Waals surface area contributed by atoms with Crippen LogP contribution in [0, 0.1) is 10.1 Å². The van der Waals surface area contributed by atoms with Gasteiger partial charge in [-0.05, 0) is 25.7 Å². The SMILES string of the molecule is O=[N+]([O-])c1cc(S(=O)(=O)N2C3CCC2CC(O)C3)sc1Cl. The van der Waals surface area contributed by atoms with Gasteiger partial charge in [-0.1, -0.05) is 11.6 Å². The van der Waals surface area contributed by atoms with Gasteiger partial charge in [0.05, 0.1) is 11.0 Å². The molecule has 0 saturated carbocycles. The Morgan fingerprint density at radius 2 is 1.95 bits per heavy atom. The second kappa shape index (κ2) is 5.17. The average Bonchev–Trinajstić information content (AvgIpc) is 2.90. The molecule has 2 unspecified atom stereocenters. The summed E-state index contributed by atoms with van der Waals surface area (Å²) >= 11 is 6.46. The fraction of sp³-hybridized carbons (Fsp3) is 0.636. The summed E-state index contributed by atoms with van der Waals surface area (Å²) in [6.45, 7) is 0. The van der Waals surface area contributed by atoms with Crippen LogP contribution in [0.3, 0.4) is 0 Å². The van der Waals surface area contributed by atoms with E-state index in [9.17, 15) is 23.6 Å². The molecule has 0 aromatic carbocycles. The standard InChI is InChI=1S/C11H13ClN2O5S2/c12-11-9(14(16)17)5-10(20-11)21(18,19)13-6-1-2-7(13)4-8(15)3-6/h5-8,15H,1-4H2. The highest BCUT2D eigenvalue weighted by atomic mass is 35.5. The molecule has 0 amide bonds. The molecule has 2 fully saturated rings. The number of aliphatic hydroxyl groups is 1. The lowest BCUT2D eigenvalue weighted by Gasteiger charge is -2.35. The van der Waals surface area contributed by atoms with E-state index in [0.717, 1.165) is 6.07 Å². The summed E-state index contributed by atoms with van der Waals surface area (Å²) in [4.78, 5) is 10.1. The topological polar surface area (TPSA) is 101 Å². The third-order valence-corrected chi connectivity index (χ3v) is 7.81. The molecule has 0 aliphatic carbocycles. The fourth-order valence-electron chi connectivity index (χ4n) is 3.19. The first-order valence-corrected chi connectivity index (χ1v) is 9.09. The highest BCUT2D eigenvalue weighted by Gasteiger charge is 2.47. The predicted molar refractivity (Wildman–Crippen MR) is 77.1 cm³/mol. The minimum Gasteiger partial charge on any atom is -0.393 e. The zero-order valence-electron chi connectivity index (χ0n) is 10.8. The second-order valence-corrected chi connectivity index (χ2v) is 9.05. The number of nitro groups is 1. The summed E-state index contributed by atoms with van der Waals surface area (Å²) in [5, 5.41) is 20.5. The molecule has 2 saturated heterocycles. The van der Waals surface area contributed by atoms with Crippen LogP contribution in [-0.2, 0) is 10.0 Å². The lowest BCUT2D eigenvalue weighted by molar-refractivity contribution is -0.384. The van der Waals surface area contributed by atoms with Crippen LogP contribution in [0.2, 0.25) is 4.34 Å². The van der Waals surface area contributed by atoms with E-state index in [0.29, 0.717) is 37.0 Å². The maximum atomic E-state index is 12.7. The summed E-state index contributed by atoms with van der Waals surface area (Å²) in [5.41, 5.74) is -0.385. The first-order valence-electron chi connectivity index (χ1n) is 6.46. The molecule has 10 heteroatoms. The third kappa shape index (κ3) is 2.46. The van der Waals surface area contributed by atoms with E-state index < -0.39 is 21.1 Å². The van der Waals surface area contributed by atoms with Crippen LogP contribution in [0.4, 0.5) is 5.69 Å². The molecule has 3 rings (SSSR count). The van der Waals surface area contributed by atoms with Crippen molar-refractivity contribution in [1.82, 2.24) is 4.31 Å². The van der Waals surface area contributed by atoms with Crippen LogP contribution in [-0.4, -0.2) is 40.9 Å². The van der Waals surface area contributed by atoms with Gasteiger partial charge in [0.25, 0.3) is 15.7 Å². The average molecular weight is 353 g/mol. The monoisotopic (exact) mass is 352 g/mol. The molecule has 1 aromatic rings. The van der Waals surface area contributed by atoms with Crippen molar-refractivity contribution in [3.05, 3.63) is 20.5 Å². The number of thiophene rings is 1. The first kappa shape index (κ1) is 15.2. The maximum absolute atomic E-state index is 12.7. The van der Waals surface area contributed by atoms with Crippen LogP contribution < -0.4 is 0 Å². The molecular formula is C11H13ClN2O5S2. The Morgan fingerprint density at radius 3 is 2.43 bits per heavy atom. The summed E-state index contributed by atoms with van der Waals surface area (Å²) in [6, 6.07) is 0.555. The molecule has 2 aliphatic rings. The Morgan fingerprint density at radius 1 is 1.38 bits per heavy atom. The van der Waals surface area contributed by atoms with Gasteiger partial charge in [-0.15, -0.1) is 11.3 Å². The number of halogens is 1. The largest absolute Gasteiger partial charge is 0.393 e. The second-order valence-electron chi connectivity index (χ2n) is 5.33. The van der Waals surface area contributed by atoms with Crippen molar-refractivity contribution in [2.75, 3.05) is 0 Å². The Labute approximate surface area is 130 Å². The third-order valence-electron chi connectivity index (χ3n) is 4.02. The lowest BCUT2D eigenvalue weighted by atomic mass is 10.0. The molecule has 2 atom stereocenters. The van der Waals surface area contributed by atoms with Gasteiger partial charge in [0, 0.05) is 18.2 Å². The predicted octanol–water partition coefficient (Wildman–Crippen LogP) is 1.99. The minimum absolute atomic E-state index is 0.104. The molecule has 7 nitrogen and oxygen atoms in total. The van der Waals surface area contributed by atoms with Gasteiger partial charge in [-0.2, -0.15) is 4.31 Å². The van der Waals surface area contributed by atoms with Crippen LogP contribution in [0.15, 0.2) is 10.3 Å². The minimum atomic E-state index is -3.80. The van der Waals surface area contributed by atoms with Crippen molar-refractivity contribution in [1.29, 1.82) is 0 Å². The van der Waals surface area contributed by atoms with Gasteiger partial charge < -0.3 is 5.11 Å². The van der Waals surface area contributed by atoms with Crippen molar-refractivity contribution in [2.45, 2.75) is 48.1 Å². The maximum Gasteiger partial charge on any atom is 0.300 e. The van der Waals surface area contributed by atoms with Gasteiger partial charge in [-0.25, -0.2) is 8.42 Å². The number of aliphatic hydroxyl groups excluding tert-OH is 1. The molecule has 3 heterocycles. The molecule has 1 aromatic heterocycles. The van der Waals surface area contributed by atoms with Crippen molar-refractivity contribution < 1.29 is 18.4 Å². The molecule has 0 radical (unpaired) electrons. The van der Waals surface area contributed by atoms with Gasteiger partial charge in [0.2, 0.25) is 0 Å². The van der Waals surface area contributed by atoms with Crippen LogP contribution in [0.25, 0.3) is 0 Å². The molecule has 21 heavy (non-hydrogen) atoms. The van der Waals surface area contributed by atoms with Gasteiger partial charge in [0.15, 0.2) is 4.34 Å². The van der Waals surface area contributed by atoms with Crippen LogP contribution in [0.5, 0.6) is 0 Å². The zero-order chi connectivity index (χ0) is 15.4. The molecule has 2 aliphatic heterocycles. The van der Waals surface area contributed by atoms with Crippen molar-refractivity contribution in [3.63, 3.8) is 0 Å². The Kier molecular flexibility index (Phi) is 3.73. The lowest BCUT2D eigenvalue weighted by Crippen LogP contribution is -2.47. The van der Waals surface area contributed by atoms with Gasteiger partial charge >= 0.3 is 0 Å². The highest BCUT2D eigenvalue weighted by molar-refractivity contribution is 7.91. The summed E-state index contributed by atoms with van der Waals surface area (Å²) in [6.07, 6.45) is 1.77. The number of hydrogen-bond acceptors (Lipinski definition) is 6. The summed E-state index contributed by atoms with van der Waals surface area (Å²) in [5.74, 6) is 0. The zero-order valence-corrected chi connectivity index (χ0v) is 13.2. The highest BCUT2D eigenvalue weighted by Crippen LogP contribution is 2.43. The van der Waals surface area contributed by atoms with Gasteiger partial charge in [-0.3, -0.25) is 10.1 Å². The molecular weight excluding hydrogens is 340 g/mol. The number of fused-ring (bicyclic) bond motifs is 2. The fourth-order valence-corrected chi connectivity index (χ4v) is 6.85. The van der Waals surface area contributed by atoms with E-state index in [2.05, 4.69) is 0 Å². The van der Waals surface area contributed by atoms with E-state index in [4.69, 9.17) is 11.6 Å². The number of rotatable bonds is 3. The Bertz CT molecular complexity index is 675. The van der Waals surface area contributed by atoms with Crippen LogP contribution in [0.1, 0.15) is 25.7 Å². The number of nitrogens with zero attached hydrogens (tertiary/aromatic N) is 2. The van der Waals surface area contributed by atoms with E-state index in [1.165, 1.54) is 4.31 Å². The van der Waals surface area contributed by atoms with E-state index in [-0.39, 0.29) is 26.3 Å². The molecule has 1 N–H and O–H groups in total. The summed E-state index contributed by atoms with van der Waals surface area (Å²) < 4.78 is 26.6. The van der Waals surface area contributed by atoms with Crippen LogP contribution >= 0.6 is 22.9 Å². The van der Waals surface area contributed by atoms with E-state index >= 15 is 0 Å². The van der Waals surface area contributed by atoms with Crippen molar-refractivity contribution in [2.24, 2.45) is 0 Å². The Hall–Kier alpha value is -0.740. The normalized spacial score (nSPS) is 29.7. The Balaban J connectivity index is 1.98. The number of piperidine rings is 1. The smallest absolute Gasteiger partial charge is 0.300 e. The van der Waals surface area contributed by atoms with E-state index in [1.54, 1.807) is 0 Å². The van der Waals surface area contributed by atoms with E-state index in [1.807, 2.05) is 0 Å². The molecule has 116 valence electrons.